The third-order valence-electron chi connectivity index (χ3n) is 5.03. The van der Waals surface area contributed by atoms with E-state index in [2.05, 4.69) is 36.3 Å². The molecule has 0 bridgehead atoms. The van der Waals surface area contributed by atoms with Gasteiger partial charge in [-0.1, -0.05) is 38.1 Å². The topological polar surface area (TPSA) is 83.0 Å². The van der Waals surface area contributed by atoms with Gasteiger partial charge in [-0.3, -0.25) is 4.90 Å². The number of ether oxygens (including phenoxy) is 1. The van der Waals surface area contributed by atoms with Gasteiger partial charge in [0.05, 0.1) is 25.5 Å². The van der Waals surface area contributed by atoms with Gasteiger partial charge < -0.3 is 15.4 Å². The predicted molar refractivity (Wildman–Crippen MR) is 139 cm³/mol. The highest BCUT2D eigenvalue weighted by Gasteiger charge is 2.22. The van der Waals surface area contributed by atoms with Crippen LogP contribution in [0.2, 0.25) is 0 Å². The maximum atomic E-state index is 11.4. The summed E-state index contributed by atoms with van der Waals surface area (Å²) in [6.45, 7) is 12.3. The molecule has 1 aromatic rings. The van der Waals surface area contributed by atoms with Crippen molar-refractivity contribution in [3.8, 4) is 0 Å². The number of nitrogens with one attached hydrogen (secondary N) is 2. The highest BCUT2D eigenvalue weighted by atomic mass is 127. The molecule has 0 spiro atoms. The molecule has 9 heteroatoms. The number of hydrogen-bond acceptors (Lipinski definition) is 5. The third-order valence-corrected chi connectivity index (χ3v) is 5.88. The second-order valence-corrected chi connectivity index (χ2v) is 10.5. The molecule has 0 aromatic heterocycles. The zero-order valence-corrected chi connectivity index (χ0v) is 22.4. The van der Waals surface area contributed by atoms with Crippen molar-refractivity contribution in [2.75, 3.05) is 45.6 Å². The smallest absolute Gasteiger partial charge is 0.191 e. The lowest BCUT2D eigenvalue weighted by molar-refractivity contribution is 0.0132. The molecule has 0 amide bonds. The highest BCUT2D eigenvalue weighted by Crippen LogP contribution is 2.13. The fourth-order valence-electron chi connectivity index (χ4n) is 3.62. The molecular weight excluding hydrogens is 527 g/mol. The summed E-state index contributed by atoms with van der Waals surface area (Å²) < 4.78 is 28.4. The molecule has 1 unspecified atom stereocenters. The van der Waals surface area contributed by atoms with Gasteiger partial charge in [-0.05, 0) is 30.4 Å². The molecule has 1 aliphatic rings. The van der Waals surface area contributed by atoms with Crippen molar-refractivity contribution >= 4 is 39.8 Å². The van der Waals surface area contributed by atoms with Crippen molar-refractivity contribution in [2.24, 2.45) is 10.9 Å². The van der Waals surface area contributed by atoms with Crippen LogP contribution in [0.5, 0.6) is 0 Å². The first kappa shape index (κ1) is 28.1. The Morgan fingerprint density at radius 2 is 1.74 bits per heavy atom. The number of halogens is 1. The molecule has 1 aromatic carbocycles. The number of guanidine groups is 1. The summed E-state index contributed by atoms with van der Waals surface area (Å²) in [7, 11) is -3.02. The van der Waals surface area contributed by atoms with Gasteiger partial charge >= 0.3 is 0 Å². The maximum absolute atomic E-state index is 11.4. The molecule has 7 nitrogen and oxygen atoms in total. The SMILES string of the molecule is CCNC(=NCc1ccc(CS(C)(=O)=O)cc1)NCC(CC(C)C)N1CCOCC1.I. The standard InChI is InChI=1S/C22H38N4O3S.HI/c1-5-23-22(24-15-19-6-8-20(9-7-19)17-30(4,27)28)25-16-21(14-18(2)3)26-10-12-29-13-11-26;/h6-9,18,21H,5,10-17H2,1-4H3,(H2,23,24,25);1H. The van der Waals surface area contributed by atoms with Gasteiger partial charge in [-0.15, -0.1) is 24.0 Å². The van der Waals surface area contributed by atoms with E-state index in [9.17, 15) is 8.42 Å². The Labute approximate surface area is 205 Å². The normalized spacial score (nSPS) is 16.6. The average molecular weight is 567 g/mol. The summed E-state index contributed by atoms with van der Waals surface area (Å²) >= 11 is 0. The van der Waals surface area contributed by atoms with Crippen molar-refractivity contribution in [2.45, 2.75) is 45.5 Å². The van der Waals surface area contributed by atoms with Crippen LogP contribution in [0.1, 0.15) is 38.3 Å². The number of benzene rings is 1. The number of rotatable bonds is 10. The number of nitrogens with zero attached hydrogens (tertiary/aromatic N) is 2. The Balaban J connectivity index is 0.00000480. The minimum absolute atomic E-state index is 0. The van der Waals surface area contributed by atoms with Gasteiger partial charge in [-0.2, -0.15) is 0 Å². The van der Waals surface area contributed by atoms with Gasteiger partial charge in [0, 0.05) is 38.5 Å². The van der Waals surface area contributed by atoms with Gasteiger partial charge in [0.15, 0.2) is 15.8 Å². The molecule has 2 rings (SSSR count). The van der Waals surface area contributed by atoms with E-state index >= 15 is 0 Å². The van der Waals surface area contributed by atoms with Crippen LogP contribution in [-0.4, -0.2) is 71.0 Å². The lowest BCUT2D eigenvalue weighted by Gasteiger charge is -2.35. The molecule has 2 N–H and O–H groups in total. The van der Waals surface area contributed by atoms with Crippen molar-refractivity contribution in [3.05, 3.63) is 35.4 Å². The first-order chi connectivity index (χ1) is 14.3. The van der Waals surface area contributed by atoms with Crippen LogP contribution in [0.3, 0.4) is 0 Å². The molecule has 1 fully saturated rings. The first-order valence-corrected chi connectivity index (χ1v) is 12.9. The summed E-state index contributed by atoms with van der Waals surface area (Å²) in [6.07, 6.45) is 2.39. The lowest BCUT2D eigenvalue weighted by atomic mass is 10.0. The third kappa shape index (κ3) is 11.5. The van der Waals surface area contributed by atoms with Gasteiger partial charge in [0.1, 0.15) is 0 Å². The number of aliphatic imine (C=N–C) groups is 1. The van der Waals surface area contributed by atoms with E-state index < -0.39 is 9.84 Å². The van der Waals surface area contributed by atoms with Crippen LogP contribution in [0.4, 0.5) is 0 Å². The maximum Gasteiger partial charge on any atom is 0.191 e. The number of hydrogen-bond donors (Lipinski definition) is 2. The Kier molecular flexibility index (Phi) is 13.0. The van der Waals surface area contributed by atoms with E-state index in [-0.39, 0.29) is 29.7 Å². The molecule has 1 heterocycles. The Bertz CT molecular complexity index is 763. The highest BCUT2D eigenvalue weighted by molar-refractivity contribution is 14.0. The van der Waals surface area contributed by atoms with Crippen LogP contribution in [0.25, 0.3) is 0 Å². The first-order valence-electron chi connectivity index (χ1n) is 10.9. The van der Waals surface area contributed by atoms with E-state index in [1.54, 1.807) is 0 Å². The zero-order chi connectivity index (χ0) is 22.0. The summed E-state index contributed by atoms with van der Waals surface area (Å²) in [6, 6.07) is 8.08. The zero-order valence-electron chi connectivity index (χ0n) is 19.3. The Morgan fingerprint density at radius 1 is 1.13 bits per heavy atom. The molecule has 178 valence electrons. The van der Waals surface area contributed by atoms with Crippen molar-refractivity contribution < 1.29 is 13.2 Å². The summed E-state index contributed by atoms with van der Waals surface area (Å²) in [5.74, 6) is 1.50. The van der Waals surface area contributed by atoms with E-state index in [4.69, 9.17) is 9.73 Å². The minimum atomic E-state index is -3.02. The van der Waals surface area contributed by atoms with Crippen LogP contribution >= 0.6 is 24.0 Å². The van der Waals surface area contributed by atoms with Crippen molar-refractivity contribution in [1.82, 2.24) is 15.5 Å². The van der Waals surface area contributed by atoms with E-state index in [0.717, 1.165) is 62.9 Å². The largest absolute Gasteiger partial charge is 0.379 e. The fourth-order valence-corrected chi connectivity index (χ4v) is 4.42. The second kappa shape index (κ2) is 14.3. The molecule has 0 radical (unpaired) electrons. The molecule has 1 aliphatic heterocycles. The monoisotopic (exact) mass is 566 g/mol. The number of sulfone groups is 1. The summed E-state index contributed by atoms with van der Waals surface area (Å²) in [5, 5.41) is 6.84. The molecular formula is C22H39IN4O3S. The molecule has 0 aliphatic carbocycles. The predicted octanol–water partition coefficient (Wildman–Crippen LogP) is 2.65. The number of morpholine rings is 1. The van der Waals surface area contributed by atoms with Crippen molar-refractivity contribution in [1.29, 1.82) is 0 Å². The molecule has 1 saturated heterocycles. The quantitative estimate of drug-likeness (QED) is 0.258. The van der Waals surface area contributed by atoms with Gasteiger partial charge in [-0.25, -0.2) is 13.4 Å². The van der Waals surface area contributed by atoms with Crippen LogP contribution < -0.4 is 10.6 Å². The molecule has 31 heavy (non-hydrogen) atoms. The van der Waals surface area contributed by atoms with Crippen LogP contribution in [0, 0.1) is 5.92 Å². The van der Waals surface area contributed by atoms with Crippen LogP contribution in [-0.2, 0) is 26.9 Å². The van der Waals surface area contributed by atoms with Gasteiger partial charge in [0.25, 0.3) is 0 Å². The van der Waals surface area contributed by atoms with Crippen molar-refractivity contribution in [3.63, 3.8) is 0 Å². The molecule has 1 atom stereocenters. The minimum Gasteiger partial charge on any atom is -0.379 e. The Morgan fingerprint density at radius 3 is 2.29 bits per heavy atom. The summed E-state index contributed by atoms with van der Waals surface area (Å²) in [5.41, 5.74) is 1.86. The van der Waals surface area contributed by atoms with E-state index in [0.29, 0.717) is 18.5 Å². The van der Waals surface area contributed by atoms with E-state index in [1.807, 2.05) is 24.3 Å². The van der Waals surface area contributed by atoms with Crippen LogP contribution in [0.15, 0.2) is 29.3 Å². The fraction of sp³-hybridized carbons (Fsp3) is 0.682. The second-order valence-electron chi connectivity index (χ2n) is 8.39. The van der Waals surface area contributed by atoms with Gasteiger partial charge in [0.2, 0.25) is 0 Å². The lowest BCUT2D eigenvalue weighted by Crippen LogP contribution is -2.51. The Hall–Kier alpha value is -0.910. The van der Waals surface area contributed by atoms with E-state index in [1.165, 1.54) is 6.26 Å². The average Bonchev–Trinajstić information content (AvgIpc) is 2.69. The molecule has 0 saturated carbocycles. The summed E-state index contributed by atoms with van der Waals surface area (Å²) in [4.78, 5) is 7.23.